The van der Waals surface area contributed by atoms with Crippen molar-refractivity contribution in [3.8, 4) is 0 Å². The van der Waals surface area contributed by atoms with Gasteiger partial charge in [0.2, 0.25) is 0 Å². The largest absolute Gasteiger partial charge is 0.477 e. The van der Waals surface area contributed by atoms with E-state index in [1.807, 2.05) is 21.1 Å². The first-order chi connectivity index (χ1) is 48.6. The van der Waals surface area contributed by atoms with Crippen molar-refractivity contribution in [1.29, 1.82) is 0 Å². The highest BCUT2D eigenvalue weighted by atomic mass is 16.7. The molecule has 9 heteroatoms. The lowest BCUT2D eigenvalue weighted by molar-refractivity contribution is -0.870. The molecule has 0 aliphatic rings. The Bertz CT molecular complexity index is 2290. The van der Waals surface area contributed by atoms with Crippen LogP contribution in [0.2, 0.25) is 0 Å². The molecule has 0 aliphatic carbocycles. The quantitative estimate of drug-likeness (QED) is 0.0211. The van der Waals surface area contributed by atoms with Crippen molar-refractivity contribution in [1.82, 2.24) is 0 Å². The molecule has 0 bridgehead atoms. The van der Waals surface area contributed by atoms with Crippen LogP contribution < -0.4 is 0 Å². The zero-order valence-corrected chi connectivity index (χ0v) is 64.1. The highest BCUT2D eigenvalue weighted by Crippen LogP contribution is 2.18. The third kappa shape index (κ3) is 79.6. The SMILES string of the molecule is CC/C=C\C/C=C\C/C=C\C/C=C\C/C=C\C/C=C\C/C=C\C/C=C\C/C=C\CCCCCCCC(=O)OC(COC(=O)CCCCCCCCCCCCCCCCCCCCCCCC/C=C\C/C=C\C/C=C\C/C=C\C/C=C\C/C=C\CC)COC(OCC[N+](C)(C)C)C(=O)O. The number of hydrogen-bond acceptors (Lipinski definition) is 7. The summed E-state index contributed by atoms with van der Waals surface area (Å²) in [6, 6.07) is 0. The second kappa shape index (κ2) is 78.1. The predicted molar refractivity (Wildman–Crippen MR) is 428 cm³/mol. The van der Waals surface area contributed by atoms with E-state index in [0.717, 1.165) is 148 Å². The van der Waals surface area contributed by atoms with E-state index in [1.165, 1.54) is 128 Å². The minimum absolute atomic E-state index is 0.176. The van der Waals surface area contributed by atoms with Crippen LogP contribution in [0.1, 0.15) is 309 Å². The highest BCUT2D eigenvalue weighted by Gasteiger charge is 2.25. The van der Waals surface area contributed by atoms with Crippen molar-refractivity contribution in [2.45, 2.75) is 322 Å². The number of esters is 2. The number of hydrogen-bond donors (Lipinski definition) is 1. The number of unbranched alkanes of at least 4 members (excludes halogenated alkanes) is 27. The molecule has 0 aromatic carbocycles. The minimum Gasteiger partial charge on any atom is -0.477 e. The third-order valence-corrected chi connectivity index (χ3v) is 16.7. The van der Waals surface area contributed by atoms with E-state index in [9.17, 15) is 19.5 Å². The fraction of sp³-hybridized carbons (Fsp3) is 0.633. The first-order valence-electron chi connectivity index (χ1n) is 39.9. The van der Waals surface area contributed by atoms with Crippen molar-refractivity contribution < 1.29 is 42.9 Å². The van der Waals surface area contributed by atoms with Gasteiger partial charge in [0.1, 0.15) is 13.2 Å². The number of carboxylic acid groups (broad SMARTS) is 1. The maximum atomic E-state index is 13.0. The van der Waals surface area contributed by atoms with Crippen LogP contribution in [-0.4, -0.2) is 87.4 Å². The Morgan fingerprint density at radius 3 is 0.808 bits per heavy atom. The molecule has 0 fully saturated rings. The Balaban J connectivity index is 4.09. The van der Waals surface area contributed by atoms with Crippen LogP contribution >= 0.6 is 0 Å². The first-order valence-corrected chi connectivity index (χ1v) is 39.9. The normalized spacial score (nSPS) is 13.7. The number of ether oxygens (including phenoxy) is 4. The Morgan fingerprint density at radius 1 is 0.303 bits per heavy atom. The van der Waals surface area contributed by atoms with Gasteiger partial charge < -0.3 is 28.5 Å². The maximum absolute atomic E-state index is 13.0. The number of quaternary nitrogens is 1. The molecule has 1 N–H and O–H groups in total. The second-order valence-corrected chi connectivity index (χ2v) is 27.3. The van der Waals surface area contributed by atoms with E-state index in [0.29, 0.717) is 23.9 Å². The molecule has 2 atom stereocenters. The highest BCUT2D eigenvalue weighted by molar-refractivity contribution is 5.71. The van der Waals surface area contributed by atoms with Gasteiger partial charge in [-0.1, -0.05) is 344 Å². The fourth-order valence-electron chi connectivity index (χ4n) is 10.7. The molecule has 0 heterocycles. The molecular weight excluding hydrogens is 1220 g/mol. The summed E-state index contributed by atoms with van der Waals surface area (Å²) in [6.45, 7) is 4.63. The smallest absolute Gasteiger partial charge is 0.361 e. The Morgan fingerprint density at radius 2 is 0.545 bits per heavy atom. The summed E-state index contributed by atoms with van der Waals surface area (Å²) in [5.41, 5.74) is 0. The van der Waals surface area contributed by atoms with Crippen LogP contribution in [0.25, 0.3) is 0 Å². The van der Waals surface area contributed by atoms with Gasteiger partial charge in [0, 0.05) is 12.8 Å². The van der Waals surface area contributed by atoms with Crippen molar-refractivity contribution in [2.24, 2.45) is 0 Å². The van der Waals surface area contributed by atoms with E-state index in [2.05, 4.69) is 196 Å². The summed E-state index contributed by atoms with van der Waals surface area (Å²) in [7, 11) is 5.97. The molecule has 0 saturated carbocycles. The van der Waals surface area contributed by atoms with Crippen molar-refractivity contribution in [3.05, 3.63) is 182 Å². The lowest BCUT2D eigenvalue weighted by Crippen LogP contribution is -2.40. The fourth-order valence-corrected chi connectivity index (χ4v) is 10.7. The average molecular weight is 1370 g/mol. The zero-order valence-electron chi connectivity index (χ0n) is 64.1. The van der Waals surface area contributed by atoms with E-state index >= 15 is 0 Å². The Hall–Kier alpha value is -5.61. The van der Waals surface area contributed by atoms with Crippen LogP contribution in [-0.2, 0) is 33.3 Å². The first kappa shape index (κ1) is 93.4. The molecule has 560 valence electrons. The van der Waals surface area contributed by atoms with Crippen LogP contribution in [0.5, 0.6) is 0 Å². The number of likely N-dealkylation sites (N-methyl/N-ethyl adjacent to an activating group) is 1. The van der Waals surface area contributed by atoms with Gasteiger partial charge in [-0.25, -0.2) is 4.79 Å². The number of nitrogens with zero attached hydrogens (tertiary/aromatic N) is 1. The van der Waals surface area contributed by atoms with Gasteiger partial charge in [0.25, 0.3) is 6.29 Å². The molecule has 0 aromatic heterocycles. The number of aliphatic carboxylic acids is 1. The summed E-state index contributed by atoms with van der Waals surface area (Å²) in [5.74, 6) is -2.04. The van der Waals surface area contributed by atoms with E-state index in [-0.39, 0.29) is 32.2 Å². The van der Waals surface area contributed by atoms with Gasteiger partial charge in [-0.3, -0.25) is 9.59 Å². The molecule has 0 rings (SSSR count). The number of rotatable bonds is 72. The van der Waals surface area contributed by atoms with Gasteiger partial charge in [-0.2, -0.15) is 0 Å². The maximum Gasteiger partial charge on any atom is 0.361 e. The van der Waals surface area contributed by atoms with Gasteiger partial charge in [-0.15, -0.1) is 0 Å². The summed E-state index contributed by atoms with van der Waals surface area (Å²) < 4.78 is 23.0. The average Bonchev–Trinajstić information content (AvgIpc) is 1.57. The molecule has 0 spiro atoms. The Labute approximate surface area is 609 Å². The van der Waals surface area contributed by atoms with E-state index < -0.39 is 24.3 Å². The van der Waals surface area contributed by atoms with Gasteiger partial charge >= 0.3 is 17.9 Å². The van der Waals surface area contributed by atoms with Crippen LogP contribution in [0.3, 0.4) is 0 Å². The van der Waals surface area contributed by atoms with Gasteiger partial charge in [0.05, 0.1) is 34.4 Å². The van der Waals surface area contributed by atoms with Crippen LogP contribution in [0.15, 0.2) is 182 Å². The van der Waals surface area contributed by atoms with Crippen molar-refractivity contribution in [2.75, 3.05) is 47.5 Å². The third-order valence-electron chi connectivity index (χ3n) is 16.7. The molecule has 99 heavy (non-hydrogen) atoms. The Kier molecular flexibility index (Phi) is 73.7. The lowest BCUT2D eigenvalue weighted by atomic mass is 10.0. The van der Waals surface area contributed by atoms with Crippen molar-refractivity contribution >= 4 is 17.9 Å². The molecule has 0 aliphatic heterocycles. The molecule has 9 nitrogen and oxygen atoms in total. The zero-order chi connectivity index (χ0) is 71.8. The van der Waals surface area contributed by atoms with Gasteiger partial charge in [0.15, 0.2) is 6.10 Å². The topological polar surface area (TPSA) is 108 Å². The monoisotopic (exact) mass is 1370 g/mol. The summed E-state index contributed by atoms with van der Waals surface area (Å²) in [6.07, 6.45) is 116. The number of carboxylic acids is 1. The molecular formula is C90H148NO8+. The number of allylic oxidation sites excluding steroid dienone is 30. The number of carbonyl (C=O) groups is 3. The van der Waals surface area contributed by atoms with Crippen molar-refractivity contribution in [3.63, 3.8) is 0 Å². The van der Waals surface area contributed by atoms with E-state index in [4.69, 9.17) is 18.9 Å². The van der Waals surface area contributed by atoms with Gasteiger partial charge in [-0.05, 0) is 135 Å². The molecule has 0 saturated heterocycles. The summed E-state index contributed by atoms with van der Waals surface area (Å²) in [5, 5.41) is 9.77. The van der Waals surface area contributed by atoms with E-state index in [1.54, 1.807) is 0 Å². The van der Waals surface area contributed by atoms with Crippen LogP contribution in [0, 0.1) is 0 Å². The summed E-state index contributed by atoms with van der Waals surface area (Å²) in [4.78, 5) is 37.7. The molecule has 0 radical (unpaired) electrons. The molecule has 0 amide bonds. The lowest BCUT2D eigenvalue weighted by Gasteiger charge is -2.25. The molecule has 2 unspecified atom stereocenters. The molecule has 0 aromatic rings. The summed E-state index contributed by atoms with van der Waals surface area (Å²) >= 11 is 0. The second-order valence-electron chi connectivity index (χ2n) is 27.3. The van der Waals surface area contributed by atoms with Crippen LogP contribution in [0.4, 0.5) is 0 Å². The minimum atomic E-state index is -1.53. The predicted octanol–water partition coefficient (Wildman–Crippen LogP) is 25.9. The number of carbonyl (C=O) groups excluding carboxylic acids is 2. The standard InChI is InChI=1S/C90H147NO8/c1-6-8-10-12-14-16-18-20-22-24-26-28-30-32-34-36-38-40-41-42-43-44-45-46-47-49-50-52-54-56-58-60-62-64-66-68-70-72-74-76-78-80-87(92)97-84-86(85-98-90(89(94)95)96-83-82-91(3,4)5)99-88(93)81-79-77-75-73-71-69-67-65-63-61-59-57-55-53-51-48-39-37-35-33-31-29-27-25-23-21-19-17-15-13-11-9-7-2/h8-11,14-17,20-23,26-29,32-35,38-40,48,53,55,59,61,65,67,86,90H,6-7,12-13,18-19,24-25,30-31,36-37,41-47,49-52,54,56-58,60,62-64,66,68-85H2,1-5H3/p+1/b10-8-,11-9-,16-14-,17-15-,22-20-,23-21-,28-26-,29-27-,34-32-,35-33-,40-38-,48-39-,55-53-,61-59-,67-65-.